The van der Waals surface area contributed by atoms with Crippen LogP contribution < -0.4 is 22.9 Å². The first-order valence-corrected chi connectivity index (χ1v) is 6.73. The average molecular weight is 310 g/mol. The lowest BCUT2D eigenvalue weighted by Crippen LogP contribution is -2.29. The quantitative estimate of drug-likeness (QED) is 0.253. The predicted molar refractivity (Wildman–Crippen MR) is 80.6 cm³/mol. The molecule has 21 heavy (non-hydrogen) atoms. The molecule has 0 aromatic heterocycles. The fraction of sp³-hybridized carbons (Fsp3) is 0.833. The van der Waals surface area contributed by atoms with E-state index in [1.807, 2.05) is 0 Å². The van der Waals surface area contributed by atoms with Gasteiger partial charge in [-0.3, -0.25) is 9.59 Å². The molecule has 2 atom stereocenters. The highest BCUT2D eigenvalue weighted by molar-refractivity contribution is 5.73. The largest absolute Gasteiger partial charge is 0.480 e. The maximum atomic E-state index is 10.1. The second-order valence-corrected chi connectivity index (χ2v) is 4.46. The van der Waals surface area contributed by atoms with Gasteiger partial charge in [0.2, 0.25) is 0 Å². The molecule has 0 spiro atoms. The summed E-state index contributed by atoms with van der Waals surface area (Å²) in [6.07, 6.45) is 4.33. The summed E-state index contributed by atoms with van der Waals surface area (Å²) in [6.45, 7) is 1.21. The van der Waals surface area contributed by atoms with Gasteiger partial charge in [0.15, 0.2) is 0 Å². The highest BCUT2D eigenvalue weighted by atomic mass is 16.4. The number of unbranched alkanes of at least 4 members (excludes halogenated alkanes) is 2. The number of hydrogen-bond donors (Lipinski definition) is 6. The molecular weight excluding hydrogens is 280 g/mol. The van der Waals surface area contributed by atoms with Crippen molar-refractivity contribution in [2.75, 3.05) is 13.1 Å². The Hall–Kier alpha value is -1.26. The second-order valence-electron chi connectivity index (χ2n) is 4.46. The molecule has 0 radical (unpaired) electrons. The van der Waals surface area contributed by atoms with E-state index >= 15 is 0 Å². The van der Waals surface area contributed by atoms with Crippen LogP contribution in [0.3, 0.4) is 0 Å². The SMILES string of the molecule is NCCCCC(N)C(=O)O.NCCCC[C@H](N)C(=O)O.O. The highest BCUT2D eigenvalue weighted by Crippen LogP contribution is 1.97. The van der Waals surface area contributed by atoms with Gasteiger partial charge in [-0.05, 0) is 38.8 Å². The third kappa shape index (κ3) is 18.7. The number of carboxylic acids is 2. The molecule has 12 N–H and O–H groups in total. The van der Waals surface area contributed by atoms with E-state index in [1.165, 1.54) is 0 Å². The van der Waals surface area contributed by atoms with Gasteiger partial charge in [0, 0.05) is 0 Å². The summed E-state index contributed by atoms with van der Waals surface area (Å²) < 4.78 is 0. The summed E-state index contributed by atoms with van der Waals surface area (Å²) in [6, 6.07) is -1.43. The Bertz CT molecular complexity index is 240. The summed E-state index contributed by atoms with van der Waals surface area (Å²) in [5.74, 6) is -1.87. The smallest absolute Gasteiger partial charge is 0.320 e. The van der Waals surface area contributed by atoms with Crippen LogP contribution in [0.5, 0.6) is 0 Å². The van der Waals surface area contributed by atoms with Crippen LogP contribution >= 0.6 is 0 Å². The van der Waals surface area contributed by atoms with Crippen LogP contribution in [0.1, 0.15) is 38.5 Å². The lowest BCUT2D eigenvalue weighted by atomic mass is 10.1. The average Bonchev–Trinajstić information content (AvgIpc) is 2.39. The first kappa shape index (κ1) is 24.7. The number of rotatable bonds is 10. The zero-order valence-corrected chi connectivity index (χ0v) is 12.3. The molecule has 0 aromatic carbocycles. The van der Waals surface area contributed by atoms with E-state index in [9.17, 15) is 9.59 Å². The molecule has 9 nitrogen and oxygen atoms in total. The van der Waals surface area contributed by atoms with Gasteiger partial charge in [-0.15, -0.1) is 0 Å². The minimum Gasteiger partial charge on any atom is -0.480 e. The summed E-state index contributed by atoms with van der Waals surface area (Å²) in [5, 5.41) is 16.7. The van der Waals surface area contributed by atoms with Gasteiger partial charge in [0.1, 0.15) is 12.1 Å². The van der Waals surface area contributed by atoms with E-state index < -0.39 is 24.0 Å². The monoisotopic (exact) mass is 310 g/mol. The summed E-state index contributed by atoms with van der Waals surface area (Å²) in [5.41, 5.74) is 20.8. The summed E-state index contributed by atoms with van der Waals surface area (Å²) >= 11 is 0. The van der Waals surface area contributed by atoms with Gasteiger partial charge < -0.3 is 38.6 Å². The van der Waals surface area contributed by atoms with Gasteiger partial charge in [0.05, 0.1) is 0 Å². The van der Waals surface area contributed by atoms with Gasteiger partial charge in [0.25, 0.3) is 0 Å². The van der Waals surface area contributed by atoms with Crippen molar-refractivity contribution in [1.29, 1.82) is 0 Å². The Kier molecular flexibility index (Phi) is 19.8. The van der Waals surface area contributed by atoms with Crippen molar-refractivity contribution in [3.05, 3.63) is 0 Å². The zero-order chi connectivity index (χ0) is 16.0. The van der Waals surface area contributed by atoms with Crippen molar-refractivity contribution >= 4 is 11.9 Å². The Morgan fingerprint density at radius 3 is 1.24 bits per heavy atom. The lowest BCUT2D eigenvalue weighted by Gasteiger charge is -2.03. The zero-order valence-electron chi connectivity index (χ0n) is 12.3. The van der Waals surface area contributed by atoms with E-state index in [4.69, 9.17) is 33.1 Å². The fourth-order valence-corrected chi connectivity index (χ4v) is 1.26. The Morgan fingerprint density at radius 2 is 1.05 bits per heavy atom. The van der Waals surface area contributed by atoms with Crippen LogP contribution in [-0.2, 0) is 9.59 Å². The van der Waals surface area contributed by atoms with Crippen molar-refractivity contribution in [3.63, 3.8) is 0 Å². The minimum atomic E-state index is -0.933. The van der Waals surface area contributed by atoms with Crippen molar-refractivity contribution in [2.45, 2.75) is 50.6 Å². The molecule has 0 aliphatic rings. The van der Waals surface area contributed by atoms with E-state index in [-0.39, 0.29) is 5.48 Å². The van der Waals surface area contributed by atoms with Gasteiger partial charge in [-0.1, -0.05) is 12.8 Å². The van der Waals surface area contributed by atoms with Gasteiger partial charge in [-0.2, -0.15) is 0 Å². The van der Waals surface area contributed by atoms with Crippen LogP contribution in [0.25, 0.3) is 0 Å². The number of carbonyl (C=O) groups is 2. The fourth-order valence-electron chi connectivity index (χ4n) is 1.26. The number of nitrogens with two attached hydrogens (primary N) is 4. The van der Waals surface area contributed by atoms with Crippen molar-refractivity contribution in [2.24, 2.45) is 22.9 Å². The first-order valence-electron chi connectivity index (χ1n) is 6.73. The van der Waals surface area contributed by atoms with E-state index in [1.54, 1.807) is 0 Å². The standard InChI is InChI=1S/2C6H14N2O2.H2O/c2*7-4-2-1-3-5(8)6(9)10;/h2*5H,1-4,7-8H2,(H,9,10);1H2/t5-;;/m0../s1. The molecule has 0 fully saturated rings. The molecular formula is C12H30N4O5. The van der Waals surface area contributed by atoms with Crippen LogP contribution in [0.15, 0.2) is 0 Å². The normalized spacial score (nSPS) is 12.4. The van der Waals surface area contributed by atoms with Crippen LogP contribution in [0, 0.1) is 0 Å². The Morgan fingerprint density at radius 1 is 0.762 bits per heavy atom. The third-order valence-electron chi connectivity index (χ3n) is 2.57. The van der Waals surface area contributed by atoms with Crippen LogP contribution in [0.4, 0.5) is 0 Å². The van der Waals surface area contributed by atoms with Crippen molar-refractivity contribution in [3.8, 4) is 0 Å². The van der Waals surface area contributed by atoms with Gasteiger partial charge >= 0.3 is 11.9 Å². The topological polar surface area (TPSA) is 210 Å². The number of hydrogen-bond acceptors (Lipinski definition) is 6. The number of carboxylic acid groups (broad SMARTS) is 2. The molecule has 0 heterocycles. The molecule has 1 unspecified atom stereocenters. The van der Waals surface area contributed by atoms with E-state index in [0.29, 0.717) is 25.9 Å². The Balaban J connectivity index is -0.000000295. The molecule has 0 aromatic rings. The molecule has 0 rings (SSSR count). The molecule has 9 heteroatoms. The molecule has 0 aliphatic heterocycles. The van der Waals surface area contributed by atoms with E-state index in [0.717, 1.165) is 25.7 Å². The maximum absolute atomic E-state index is 10.1. The molecule has 0 aliphatic carbocycles. The molecule has 128 valence electrons. The highest BCUT2D eigenvalue weighted by Gasteiger charge is 2.09. The van der Waals surface area contributed by atoms with Gasteiger partial charge in [-0.25, -0.2) is 0 Å². The van der Waals surface area contributed by atoms with Crippen LogP contribution in [-0.4, -0.2) is 52.8 Å². The third-order valence-corrected chi connectivity index (χ3v) is 2.57. The molecule has 0 saturated carbocycles. The van der Waals surface area contributed by atoms with Crippen LogP contribution in [0.2, 0.25) is 0 Å². The number of aliphatic carboxylic acids is 2. The second kappa shape index (κ2) is 16.8. The molecule has 0 bridgehead atoms. The maximum Gasteiger partial charge on any atom is 0.320 e. The first-order chi connectivity index (χ1) is 9.36. The van der Waals surface area contributed by atoms with E-state index in [2.05, 4.69) is 0 Å². The summed E-state index contributed by atoms with van der Waals surface area (Å²) in [4.78, 5) is 20.3. The minimum absolute atomic E-state index is 0. The predicted octanol–water partition coefficient (Wildman–Crippen LogP) is -1.77. The Labute approximate surface area is 125 Å². The van der Waals surface area contributed by atoms with Crippen molar-refractivity contribution in [1.82, 2.24) is 0 Å². The van der Waals surface area contributed by atoms with Crippen molar-refractivity contribution < 1.29 is 25.3 Å². The molecule has 0 saturated heterocycles. The molecule has 0 amide bonds. The summed E-state index contributed by atoms with van der Waals surface area (Å²) in [7, 11) is 0. The lowest BCUT2D eigenvalue weighted by molar-refractivity contribution is -0.139.